The van der Waals surface area contributed by atoms with Gasteiger partial charge in [-0.3, -0.25) is 4.79 Å². The first-order valence-corrected chi connectivity index (χ1v) is 8.27. The molecule has 0 radical (unpaired) electrons. The maximum Gasteiger partial charge on any atom is 0.165 e. The second-order valence-corrected chi connectivity index (χ2v) is 7.04. The molecule has 0 unspecified atom stereocenters. The van der Waals surface area contributed by atoms with E-state index >= 15 is 0 Å². The summed E-state index contributed by atoms with van der Waals surface area (Å²) >= 11 is 0. The van der Waals surface area contributed by atoms with Crippen LogP contribution in [0, 0.1) is 29.5 Å². The van der Waals surface area contributed by atoms with Crippen molar-refractivity contribution in [1.29, 1.82) is 0 Å². The maximum absolute atomic E-state index is 13.8. The summed E-state index contributed by atoms with van der Waals surface area (Å²) in [4.78, 5) is 12.7. The molecule has 2 nitrogen and oxygen atoms in total. The number of carbonyl (C=O) groups excluding carboxylic acids is 1. The van der Waals surface area contributed by atoms with Gasteiger partial charge < -0.3 is 4.74 Å². The quantitative estimate of drug-likeness (QED) is 0.791. The van der Waals surface area contributed by atoms with Crippen molar-refractivity contribution in [2.45, 2.75) is 46.5 Å². The molecule has 0 spiro atoms. The highest BCUT2D eigenvalue weighted by molar-refractivity contribution is 5.83. The third kappa shape index (κ3) is 3.88. The molecule has 0 N–H and O–H groups in total. The molecule has 1 aromatic rings. The van der Waals surface area contributed by atoms with Crippen molar-refractivity contribution >= 4 is 5.78 Å². The zero-order valence-corrected chi connectivity index (χ0v) is 14.1. The Balaban J connectivity index is 2.10. The minimum Gasteiger partial charge on any atom is -0.494 e. The molecule has 3 atom stereocenters. The highest BCUT2D eigenvalue weighted by atomic mass is 19.1. The van der Waals surface area contributed by atoms with Gasteiger partial charge in [0, 0.05) is 12.3 Å². The molecule has 0 amide bonds. The van der Waals surface area contributed by atoms with E-state index in [1.54, 1.807) is 12.1 Å². The highest BCUT2D eigenvalue weighted by Crippen LogP contribution is 2.39. The first-order valence-electron chi connectivity index (χ1n) is 8.27. The molecule has 1 saturated carbocycles. The Bertz CT molecular complexity index is 524. The number of ketones is 1. The molecule has 22 heavy (non-hydrogen) atoms. The molecule has 1 aliphatic rings. The van der Waals surface area contributed by atoms with E-state index in [0.717, 1.165) is 18.4 Å². The summed E-state index contributed by atoms with van der Waals surface area (Å²) < 4.78 is 18.7. The summed E-state index contributed by atoms with van der Waals surface area (Å²) in [7, 11) is 1.44. The molecule has 0 aliphatic heterocycles. The lowest BCUT2D eigenvalue weighted by molar-refractivity contribution is -0.126. The Morgan fingerprint density at radius 1 is 1.36 bits per heavy atom. The van der Waals surface area contributed by atoms with Crippen LogP contribution in [0.1, 0.15) is 45.6 Å². The van der Waals surface area contributed by atoms with Crippen molar-refractivity contribution in [2.75, 3.05) is 7.11 Å². The summed E-state index contributed by atoms with van der Waals surface area (Å²) in [6, 6.07) is 4.81. The van der Waals surface area contributed by atoms with E-state index in [4.69, 9.17) is 4.74 Å². The van der Waals surface area contributed by atoms with Crippen molar-refractivity contribution in [3.63, 3.8) is 0 Å². The number of ether oxygens (including phenoxy) is 1. The molecule has 0 heterocycles. The van der Waals surface area contributed by atoms with Gasteiger partial charge in [0.15, 0.2) is 11.6 Å². The van der Waals surface area contributed by atoms with E-state index in [2.05, 4.69) is 20.8 Å². The lowest BCUT2D eigenvalue weighted by Crippen LogP contribution is -2.34. The van der Waals surface area contributed by atoms with Gasteiger partial charge in [0.1, 0.15) is 5.78 Å². The zero-order chi connectivity index (χ0) is 16.3. The molecule has 0 aromatic heterocycles. The molecule has 2 rings (SSSR count). The smallest absolute Gasteiger partial charge is 0.165 e. The van der Waals surface area contributed by atoms with Gasteiger partial charge in [-0.1, -0.05) is 33.3 Å². The van der Waals surface area contributed by atoms with Crippen LogP contribution in [0.4, 0.5) is 4.39 Å². The largest absolute Gasteiger partial charge is 0.494 e. The molecule has 3 heteroatoms. The summed E-state index contributed by atoms with van der Waals surface area (Å²) in [6.45, 7) is 6.63. The van der Waals surface area contributed by atoms with Gasteiger partial charge >= 0.3 is 0 Å². The highest BCUT2D eigenvalue weighted by Gasteiger charge is 2.34. The molecule has 1 fully saturated rings. The van der Waals surface area contributed by atoms with Gasteiger partial charge in [0.2, 0.25) is 0 Å². The Labute approximate surface area is 133 Å². The van der Waals surface area contributed by atoms with Gasteiger partial charge in [0.25, 0.3) is 0 Å². The maximum atomic E-state index is 13.8. The fourth-order valence-corrected chi connectivity index (χ4v) is 3.72. The van der Waals surface area contributed by atoms with Crippen molar-refractivity contribution in [3.05, 3.63) is 29.6 Å². The average Bonchev–Trinajstić information content (AvgIpc) is 2.47. The van der Waals surface area contributed by atoms with E-state index in [-0.39, 0.29) is 17.5 Å². The van der Waals surface area contributed by atoms with Crippen LogP contribution in [0.5, 0.6) is 5.75 Å². The number of hydrogen-bond acceptors (Lipinski definition) is 2. The minimum atomic E-state index is -0.398. The number of carbonyl (C=O) groups is 1. The van der Waals surface area contributed by atoms with E-state index in [9.17, 15) is 9.18 Å². The van der Waals surface area contributed by atoms with E-state index in [1.807, 2.05) is 0 Å². The fraction of sp³-hybridized carbons (Fsp3) is 0.632. The van der Waals surface area contributed by atoms with E-state index in [0.29, 0.717) is 24.2 Å². The molecule has 122 valence electrons. The van der Waals surface area contributed by atoms with Crippen LogP contribution in [0.3, 0.4) is 0 Å². The Hall–Kier alpha value is -1.38. The number of methoxy groups -OCH3 is 1. The van der Waals surface area contributed by atoms with Crippen molar-refractivity contribution in [3.8, 4) is 5.75 Å². The van der Waals surface area contributed by atoms with Crippen LogP contribution >= 0.6 is 0 Å². The first kappa shape index (κ1) is 17.0. The molecule has 0 saturated heterocycles. The summed E-state index contributed by atoms with van der Waals surface area (Å²) in [5.41, 5.74) is 0.740. The van der Waals surface area contributed by atoms with Gasteiger partial charge in [0.05, 0.1) is 7.11 Å². The average molecular weight is 306 g/mol. The van der Waals surface area contributed by atoms with Crippen LogP contribution < -0.4 is 4.74 Å². The Morgan fingerprint density at radius 2 is 2.09 bits per heavy atom. The SMILES string of the molecule is COc1ccc(CC(=O)[C@@H]2C[C@H](C)CC[C@H]2C(C)C)cc1F. The van der Waals surface area contributed by atoms with Crippen LogP contribution in [-0.4, -0.2) is 12.9 Å². The van der Waals surface area contributed by atoms with E-state index < -0.39 is 5.82 Å². The number of Topliss-reactive ketones (excluding diaryl/α,β-unsaturated/α-hetero) is 1. The summed E-state index contributed by atoms with van der Waals surface area (Å²) in [5.74, 6) is 1.80. The predicted octanol–water partition coefficient (Wildman–Crippen LogP) is 4.65. The fourth-order valence-electron chi connectivity index (χ4n) is 3.72. The van der Waals surface area contributed by atoms with Crippen molar-refractivity contribution in [2.24, 2.45) is 23.7 Å². The first-order chi connectivity index (χ1) is 10.4. The molecular formula is C19H27FO2. The third-order valence-electron chi connectivity index (χ3n) is 5.03. The lowest BCUT2D eigenvalue weighted by Gasteiger charge is -2.36. The van der Waals surface area contributed by atoms with E-state index in [1.165, 1.54) is 19.6 Å². The standard InChI is InChI=1S/C19H27FO2/c1-12(2)15-7-5-13(3)9-16(15)18(21)11-14-6-8-19(22-4)17(20)10-14/h6,8,10,12-13,15-16H,5,7,9,11H2,1-4H3/t13-,15+,16-/m1/s1. The number of benzene rings is 1. The summed E-state index contributed by atoms with van der Waals surface area (Å²) in [5, 5.41) is 0. The van der Waals surface area contributed by atoms with Gasteiger partial charge in [-0.15, -0.1) is 0 Å². The minimum absolute atomic E-state index is 0.119. The summed E-state index contributed by atoms with van der Waals surface area (Å²) in [6.07, 6.45) is 3.64. The Kier molecular flexibility index (Phi) is 5.60. The zero-order valence-electron chi connectivity index (χ0n) is 14.1. The molecule has 1 aliphatic carbocycles. The molecule has 0 bridgehead atoms. The Morgan fingerprint density at radius 3 is 2.68 bits per heavy atom. The normalized spacial score (nSPS) is 25.3. The second kappa shape index (κ2) is 7.26. The second-order valence-electron chi connectivity index (χ2n) is 7.04. The lowest BCUT2D eigenvalue weighted by atomic mass is 9.68. The molecular weight excluding hydrogens is 279 g/mol. The number of rotatable bonds is 5. The van der Waals surface area contributed by atoms with Gasteiger partial charge in [-0.2, -0.15) is 0 Å². The topological polar surface area (TPSA) is 26.3 Å². The third-order valence-corrected chi connectivity index (χ3v) is 5.03. The predicted molar refractivity (Wildman–Crippen MR) is 86.5 cm³/mol. The van der Waals surface area contributed by atoms with Crippen LogP contribution in [0.25, 0.3) is 0 Å². The van der Waals surface area contributed by atoms with Gasteiger partial charge in [-0.25, -0.2) is 4.39 Å². The van der Waals surface area contributed by atoms with Gasteiger partial charge in [-0.05, 0) is 48.3 Å². The molecule has 1 aromatic carbocycles. The van der Waals surface area contributed by atoms with Crippen LogP contribution in [0.15, 0.2) is 18.2 Å². The van der Waals surface area contributed by atoms with Crippen LogP contribution in [0.2, 0.25) is 0 Å². The number of hydrogen-bond donors (Lipinski definition) is 0. The monoisotopic (exact) mass is 306 g/mol. The number of halogens is 1. The van der Waals surface area contributed by atoms with Crippen molar-refractivity contribution < 1.29 is 13.9 Å². The van der Waals surface area contributed by atoms with Crippen molar-refractivity contribution in [1.82, 2.24) is 0 Å². The van der Waals surface area contributed by atoms with Crippen LogP contribution in [-0.2, 0) is 11.2 Å².